The van der Waals surface area contributed by atoms with Gasteiger partial charge in [-0.25, -0.2) is 0 Å². The number of nitrogens with one attached hydrogen (secondary N) is 1. The summed E-state index contributed by atoms with van der Waals surface area (Å²) in [7, 11) is 3.55. The van der Waals surface area contributed by atoms with Gasteiger partial charge in [0, 0.05) is 20.1 Å². The molecular formula is C15H29NO2. The van der Waals surface area contributed by atoms with Crippen LogP contribution in [0.3, 0.4) is 0 Å². The fourth-order valence-electron chi connectivity index (χ4n) is 3.42. The Hall–Kier alpha value is -0.120. The van der Waals surface area contributed by atoms with Crippen LogP contribution >= 0.6 is 0 Å². The first kappa shape index (κ1) is 14.3. The first-order chi connectivity index (χ1) is 8.67. The van der Waals surface area contributed by atoms with Gasteiger partial charge >= 0.3 is 0 Å². The van der Waals surface area contributed by atoms with Gasteiger partial charge in [-0.2, -0.15) is 0 Å². The SMILES string of the molecule is COC(OC)C(CC1CC1)CC1(C)CCNCC1. The molecule has 2 aliphatic rings. The highest BCUT2D eigenvalue weighted by Gasteiger charge is 2.36. The van der Waals surface area contributed by atoms with Crippen LogP contribution in [0.5, 0.6) is 0 Å². The zero-order valence-electron chi connectivity index (χ0n) is 12.2. The minimum atomic E-state index is -0.0164. The standard InChI is InChI=1S/C15H29NO2/c1-15(6-8-16-9-7-15)11-13(10-12-4-5-12)14(17-2)18-3/h12-14,16H,4-11H2,1-3H3. The summed E-state index contributed by atoms with van der Waals surface area (Å²) in [6, 6.07) is 0. The molecule has 1 aliphatic carbocycles. The lowest BCUT2D eigenvalue weighted by Crippen LogP contribution is -2.38. The molecule has 1 saturated heterocycles. The van der Waals surface area contributed by atoms with Crippen molar-refractivity contribution < 1.29 is 9.47 Å². The Balaban J connectivity index is 1.93. The van der Waals surface area contributed by atoms with E-state index in [0.29, 0.717) is 11.3 Å². The molecule has 0 aromatic carbocycles. The van der Waals surface area contributed by atoms with E-state index in [0.717, 1.165) is 19.0 Å². The molecule has 0 spiro atoms. The van der Waals surface area contributed by atoms with Crippen molar-refractivity contribution in [3.05, 3.63) is 0 Å². The van der Waals surface area contributed by atoms with Crippen molar-refractivity contribution in [3.63, 3.8) is 0 Å². The highest BCUT2D eigenvalue weighted by Crippen LogP contribution is 2.43. The van der Waals surface area contributed by atoms with E-state index in [1.807, 2.05) is 0 Å². The maximum Gasteiger partial charge on any atom is 0.159 e. The van der Waals surface area contributed by atoms with E-state index in [9.17, 15) is 0 Å². The third-order valence-electron chi connectivity index (χ3n) is 4.75. The Kier molecular flexibility index (Phi) is 5.05. The van der Waals surface area contributed by atoms with Gasteiger partial charge in [-0.15, -0.1) is 0 Å². The molecule has 3 heteroatoms. The Labute approximate surface area is 112 Å². The Morgan fingerprint density at radius 2 is 1.78 bits per heavy atom. The van der Waals surface area contributed by atoms with Crippen molar-refractivity contribution in [1.82, 2.24) is 5.32 Å². The van der Waals surface area contributed by atoms with E-state index >= 15 is 0 Å². The molecule has 1 saturated carbocycles. The monoisotopic (exact) mass is 255 g/mol. The fraction of sp³-hybridized carbons (Fsp3) is 1.00. The molecule has 1 heterocycles. The summed E-state index contributed by atoms with van der Waals surface area (Å²) in [5, 5.41) is 3.46. The van der Waals surface area contributed by atoms with Crippen LogP contribution in [0.2, 0.25) is 0 Å². The van der Waals surface area contributed by atoms with Gasteiger partial charge < -0.3 is 14.8 Å². The van der Waals surface area contributed by atoms with Crippen LogP contribution in [0.1, 0.15) is 45.4 Å². The lowest BCUT2D eigenvalue weighted by molar-refractivity contribution is -0.148. The van der Waals surface area contributed by atoms with E-state index in [2.05, 4.69) is 12.2 Å². The van der Waals surface area contributed by atoms with Gasteiger partial charge in [-0.3, -0.25) is 0 Å². The summed E-state index contributed by atoms with van der Waals surface area (Å²) in [4.78, 5) is 0. The minimum absolute atomic E-state index is 0.0164. The van der Waals surface area contributed by atoms with E-state index in [-0.39, 0.29) is 6.29 Å². The normalized spacial score (nSPS) is 25.3. The minimum Gasteiger partial charge on any atom is -0.356 e. The highest BCUT2D eigenvalue weighted by atomic mass is 16.7. The van der Waals surface area contributed by atoms with Crippen molar-refractivity contribution in [2.45, 2.75) is 51.7 Å². The lowest BCUT2D eigenvalue weighted by Gasteiger charge is -2.38. The van der Waals surface area contributed by atoms with Crippen LogP contribution in [-0.2, 0) is 9.47 Å². The largest absolute Gasteiger partial charge is 0.356 e. The molecule has 0 bridgehead atoms. The van der Waals surface area contributed by atoms with Gasteiger partial charge in [0.15, 0.2) is 6.29 Å². The fourth-order valence-corrected chi connectivity index (χ4v) is 3.42. The predicted octanol–water partition coefficient (Wildman–Crippen LogP) is 2.80. The van der Waals surface area contributed by atoms with Crippen molar-refractivity contribution >= 4 is 0 Å². The molecule has 3 nitrogen and oxygen atoms in total. The quantitative estimate of drug-likeness (QED) is 0.710. The summed E-state index contributed by atoms with van der Waals surface area (Å²) < 4.78 is 11.1. The highest BCUT2D eigenvalue weighted by molar-refractivity contribution is 4.86. The predicted molar refractivity (Wildman–Crippen MR) is 73.5 cm³/mol. The summed E-state index contributed by atoms with van der Waals surface area (Å²) in [6.45, 7) is 4.77. The van der Waals surface area contributed by atoms with Crippen molar-refractivity contribution in [1.29, 1.82) is 0 Å². The Morgan fingerprint density at radius 1 is 1.17 bits per heavy atom. The molecular weight excluding hydrogens is 226 g/mol. The van der Waals surface area contributed by atoms with Crippen LogP contribution < -0.4 is 5.32 Å². The number of hydrogen-bond acceptors (Lipinski definition) is 3. The smallest absolute Gasteiger partial charge is 0.159 e. The maximum atomic E-state index is 5.54. The first-order valence-electron chi connectivity index (χ1n) is 7.43. The van der Waals surface area contributed by atoms with E-state index < -0.39 is 0 Å². The molecule has 0 amide bonds. The third-order valence-corrected chi connectivity index (χ3v) is 4.75. The van der Waals surface area contributed by atoms with Gasteiger partial charge in [0.1, 0.15) is 0 Å². The lowest BCUT2D eigenvalue weighted by atomic mass is 9.73. The average Bonchev–Trinajstić information content (AvgIpc) is 3.15. The number of methoxy groups -OCH3 is 2. The first-order valence-corrected chi connectivity index (χ1v) is 7.43. The number of hydrogen-bond donors (Lipinski definition) is 1. The zero-order valence-corrected chi connectivity index (χ0v) is 12.2. The van der Waals surface area contributed by atoms with E-state index in [1.165, 1.54) is 38.5 Å². The molecule has 2 rings (SSSR count). The van der Waals surface area contributed by atoms with Gasteiger partial charge in [0.25, 0.3) is 0 Å². The summed E-state index contributed by atoms with van der Waals surface area (Å²) >= 11 is 0. The molecule has 18 heavy (non-hydrogen) atoms. The van der Waals surface area contributed by atoms with E-state index in [1.54, 1.807) is 14.2 Å². The Bertz CT molecular complexity index is 243. The molecule has 0 aromatic rings. The van der Waals surface area contributed by atoms with E-state index in [4.69, 9.17) is 9.47 Å². The van der Waals surface area contributed by atoms with Crippen LogP contribution in [0, 0.1) is 17.3 Å². The van der Waals surface area contributed by atoms with Crippen molar-refractivity contribution in [2.24, 2.45) is 17.3 Å². The van der Waals surface area contributed by atoms with Crippen LogP contribution in [0.25, 0.3) is 0 Å². The molecule has 0 aromatic heterocycles. The molecule has 1 atom stereocenters. The third kappa shape index (κ3) is 3.94. The van der Waals surface area contributed by atoms with Crippen LogP contribution in [0.15, 0.2) is 0 Å². The second-order valence-corrected chi connectivity index (χ2v) is 6.54. The summed E-state index contributed by atoms with van der Waals surface area (Å²) in [6.07, 6.45) is 7.91. The number of ether oxygens (including phenoxy) is 2. The zero-order chi connectivity index (χ0) is 13.0. The van der Waals surface area contributed by atoms with Gasteiger partial charge in [0.05, 0.1) is 0 Å². The van der Waals surface area contributed by atoms with Crippen LogP contribution in [-0.4, -0.2) is 33.6 Å². The van der Waals surface area contributed by atoms with Crippen molar-refractivity contribution in [3.8, 4) is 0 Å². The number of piperidine rings is 1. The Morgan fingerprint density at radius 3 is 2.28 bits per heavy atom. The van der Waals surface area contributed by atoms with Crippen molar-refractivity contribution in [2.75, 3.05) is 27.3 Å². The summed E-state index contributed by atoms with van der Waals surface area (Å²) in [5.41, 5.74) is 0.472. The molecule has 1 aliphatic heterocycles. The van der Waals surface area contributed by atoms with Gasteiger partial charge in [0.2, 0.25) is 0 Å². The van der Waals surface area contributed by atoms with Gasteiger partial charge in [-0.05, 0) is 50.1 Å². The molecule has 106 valence electrons. The topological polar surface area (TPSA) is 30.5 Å². The van der Waals surface area contributed by atoms with Gasteiger partial charge in [-0.1, -0.05) is 19.8 Å². The molecule has 0 radical (unpaired) electrons. The number of rotatable bonds is 7. The summed E-state index contributed by atoms with van der Waals surface area (Å²) in [5.74, 6) is 1.50. The molecule has 1 unspecified atom stereocenters. The average molecular weight is 255 g/mol. The molecule has 2 fully saturated rings. The van der Waals surface area contributed by atoms with Crippen LogP contribution in [0.4, 0.5) is 0 Å². The second-order valence-electron chi connectivity index (χ2n) is 6.54. The maximum absolute atomic E-state index is 5.54. The second kappa shape index (κ2) is 6.36. The molecule has 1 N–H and O–H groups in total.